The summed E-state index contributed by atoms with van der Waals surface area (Å²) in [6.07, 6.45) is 40.6. The highest BCUT2D eigenvalue weighted by Gasteiger charge is 2.10. The van der Waals surface area contributed by atoms with Gasteiger partial charge in [0.1, 0.15) is 11.5 Å². The van der Waals surface area contributed by atoms with Crippen LogP contribution in [0.2, 0.25) is 0 Å². The molecule has 0 N–H and O–H groups in total. The molecule has 0 bridgehead atoms. The summed E-state index contributed by atoms with van der Waals surface area (Å²) in [6.45, 7) is 10.3. The Kier molecular flexibility index (Phi) is 29.9. The number of rotatable bonds is 34. The van der Waals surface area contributed by atoms with E-state index >= 15 is 0 Å². The van der Waals surface area contributed by atoms with Gasteiger partial charge in [0, 0.05) is 5.56 Å². The van der Waals surface area contributed by atoms with Gasteiger partial charge in [-0.05, 0) is 37.8 Å². The molecule has 43 heavy (non-hydrogen) atoms. The van der Waals surface area contributed by atoms with Crippen molar-refractivity contribution in [3.63, 3.8) is 0 Å². The van der Waals surface area contributed by atoms with Crippen LogP contribution < -0.4 is 9.47 Å². The molecule has 0 aromatic heterocycles. The molecule has 0 atom stereocenters. The minimum absolute atomic E-state index is 0.810. The Balaban J connectivity index is 2.05. The second-order valence-electron chi connectivity index (χ2n) is 13.2. The van der Waals surface area contributed by atoms with Crippen LogP contribution in [0.3, 0.4) is 0 Å². The zero-order chi connectivity index (χ0) is 30.9. The van der Waals surface area contributed by atoms with E-state index in [1.165, 1.54) is 173 Å². The molecule has 251 valence electrons. The van der Waals surface area contributed by atoms with Crippen molar-refractivity contribution >= 4 is 0 Å². The van der Waals surface area contributed by atoms with E-state index in [2.05, 4.69) is 39.0 Å². The third-order valence-electron chi connectivity index (χ3n) is 9.03. The lowest BCUT2D eigenvalue weighted by Gasteiger charge is -2.16. The topological polar surface area (TPSA) is 18.5 Å². The predicted molar refractivity (Wildman–Crippen MR) is 192 cm³/mol. The van der Waals surface area contributed by atoms with E-state index in [9.17, 15) is 0 Å². The second-order valence-corrected chi connectivity index (χ2v) is 13.2. The highest BCUT2D eigenvalue weighted by atomic mass is 16.5. The maximum Gasteiger partial charge on any atom is 0.126 e. The first-order chi connectivity index (χ1) is 21.3. The summed E-state index contributed by atoms with van der Waals surface area (Å²) in [5.41, 5.74) is 1.22. The van der Waals surface area contributed by atoms with E-state index in [1.807, 2.05) is 0 Å². The predicted octanol–water partition coefficient (Wildman–Crippen LogP) is 14.2. The Bertz CT molecular complexity index is 632. The summed E-state index contributed by atoms with van der Waals surface area (Å²) in [5.74, 6) is 2.02. The lowest BCUT2D eigenvalue weighted by molar-refractivity contribution is 0.284. The lowest BCUT2D eigenvalue weighted by atomic mass is 10.0. The first kappa shape index (κ1) is 39.8. The Morgan fingerprint density at radius 3 is 0.977 bits per heavy atom. The lowest BCUT2D eigenvalue weighted by Crippen LogP contribution is -2.04. The van der Waals surface area contributed by atoms with Gasteiger partial charge in [0.15, 0.2) is 0 Å². The van der Waals surface area contributed by atoms with Crippen molar-refractivity contribution in [2.24, 2.45) is 0 Å². The van der Waals surface area contributed by atoms with Gasteiger partial charge in [-0.3, -0.25) is 0 Å². The van der Waals surface area contributed by atoms with Crippen LogP contribution >= 0.6 is 0 Å². The van der Waals surface area contributed by atoms with Gasteiger partial charge in [-0.25, -0.2) is 0 Å². The summed E-state index contributed by atoms with van der Waals surface area (Å²) >= 11 is 0. The van der Waals surface area contributed by atoms with Crippen molar-refractivity contribution in [1.82, 2.24) is 0 Å². The number of unbranched alkanes of at least 4 members (excludes halogenated alkanes) is 26. The van der Waals surface area contributed by atoms with Gasteiger partial charge >= 0.3 is 0 Å². The summed E-state index contributed by atoms with van der Waals surface area (Å²) in [4.78, 5) is 0. The number of benzene rings is 1. The van der Waals surface area contributed by atoms with E-state index in [1.54, 1.807) is 0 Å². The highest BCUT2D eigenvalue weighted by molar-refractivity contribution is 5.45. The van der Waals surface area contributed by atoms with Crippen LogP contribution in [0.5, 0.6) is 11.5 Å². The fraction of sp³-hybridized carbons (Fsp3) is 0.829. The molecule has 2 heteroatoms. The molecule has 1 radical (unpaired) electrons. The highest BCUT2D eigenvalue weighted by Crippen LogP contribution is 2.30. The molecule has 1 rings (SSSR count). The Morgan fingerprint density at radius 1 is 0.419 bits per heavy atom. The third-order valence-corrected chi connectivity index (χ3v) is 9.03. The molecule has 1 aromatic rings. The van der Waals surface area contributed by atoms with Crippen molar-refractivity contribution in [2.45, 2.75) is 206 Å². The normalized spacial score (nSPS) is 11.3. The fourth-order valence-corrected chi connectivity index (χ4v) is 6.20. The van der Waals surface area contributed by atoms with Crippen molar-refractivity contribution in [1.29, 1.82) is 0 Å². The molecule has 0 saturated carbocycles. The molecule has 0 amide bonds. The number of hydrogen-bond donors (Lipinski definition) is 0. The second kappa shape index (κ2) is 32.2. The largest absolute Gasteiger partial charge is 0.493 e. The molecular weight excluding hydrogens is 524 g/mol. The summed E-state index contributed by atoms with van der Waals surface area (Å²) in [5, 5.41) is 0. The standard InChI is InChI=1S/C41H75O2/c1-4-7-9-11-13-15-17-19-21-23-25-27-29-31-37-42-40-35-33-36-41(39(40)34-6-3)43-38-32-30-28-26-24-22-20-18-16-14-12-10-8-5-2/h33,35-36H,3-32,34,37-38H2,1-2H3. The smallest absolute Gasteiger partial charge is 0.126 e. The minimum atomic E-state index is 0.810. The molecule has 1 aromatic carbocycles. The summed E-state index contributed by atoms with van der Waals surface area (Å²) in [7, 11) is 0. The molecule has 0 aliphatic heterocycles. The van der Waals surface area contributed by atoms with Gasteiger partial charge in [-0.15, -0.1) is 0 Å². The third kappa shape index (κ3) is 24.8. The Morgan fingerprint density at radius 2 is 0.698 bits per heavy atom. The van der Waals surface area contributed by atoms with Gasteiger partial charge in [0.25, 0.3) is 0 Å². The summed E-state index contributed by atoms with van der Waals surface area (Å²) in [6, 6.07) is 6.33. The first-order valence-electron chi connectivity index (χ1n) is 19.5. The average Bonchev–Trinajstić information content (AvgIpc) is 3.02. The van der Waals surface area contributed by atoms with Crippen LogP contribution in [-0.4, -0.2) is 13.2 Å². The van der Waals surface area contributed by atoms with Crippen LogP contribution in [0.25, 0.3) is 0 Å². The Labute approximate surface area is 270 Å². The maximum absolute atomic E-state index is 6.26. The van der Waals surface area contributed by atoms with Crippen LogP contribution in [0, 0.1) is 6.92 Å². The monoisotopic (exact) mass is 600 g/mol. The molecular formula is C41H75O2. The quantitative estimate of drug-likeness (QED) is 0.0734. The molecule has 0 spiro atoms. The summed E-state index contributed by atoms with van der Waals surface area (Å²) < 4.78 is 12.5. The SMILES string of the molecule is [CH2]CCc1c(OCCCCCCCCCCCCCCCC)cccc1OCCCCCCCCCCCCCCCC. The van der Waals surface area contributed by atoms with Crippen molar-refractivity contribution in [2.75, 3.05) is 13.2 Å². The Hall–Kier alpha value is -1.18. The van der Waals surface area contributed by atoms with Crippen molar-refractivity contribution < 1.29 is 9.47 Å². The van der Waals surface area contributed by atoms with E-state index in [-0.39, 0.29) is 0 Å². The average molecular weight is 600 g/mol. The molecule has 0 unspecified atom stereocenters. The zero-order valence-corrected chi connectivity index (χ0v) is 29.4. The van der Waals surface area contributed by atoms with Gasteiger partial charge in [-0.1, -0.05) is 194 Å². The molecule has 0 fully saturated rings. The molecule has 0 aliphatic carbocycles. The molecule has 2 nitrogen and oxygen atoms in total. The van der Waals surface area contributed by atoms with Crippen LogP contribution in [0.15, 0.2) is 18.2 Å². The van der Waals surface area contributed by atoms with E-state index in [0.29, 0.717) is 0 Å². The van der Waals surface area contributed by atoms with E-state index in [4.69, 9.17) is 9.47 Å². The molecule has 0 heterocycles. The maximum atomic E-state index is 6.26. The van der Waals surface area contributed by atoms with Gasteiger partial charge < -0.3 is 9.47 Å². The zero-order valence-electron chi connectivity index (χ0n) is 29.4. The van der Waals surface area contributed by atoms with Crippen LogP contribution in [0.4, 0.5) is 0 Å². The number of ether oxygens (including phenoxy) is 2. The van der Waals surface area contributed by atoms with Crippen LogP contribution in [0.1, 0.15) is 206 Å². The van der Waals surface area contributed by atoms with Crippen molar-refractivity contribution in [3.05, 3.63) is 30.7 Å². The fourth-order valence-electron chi connectivity index (χ4n) is 6.20. The molecule has 0 aliphatic rings. The van der Waals surface area contributed by atoms with Crippen LogP contribution in [-0.2, 0) is 6.42 Å². The first-order valence-corrected chi connectivity index (χ1v) is 19.5. The van der Waals surface area contributed by atoms with Gasteiger partial charge in [0.2, 0.25) is 0 Å². The molecule has 0 saturated heterocycles. The minimum Gasteiger partial charge on any atom is -0.493 e. The van der Waals surface area contributed by atoms with Gasteiger partial charge in [0.05, 0.1) is 13.2 Å². The van der Waals surface area contributed by atoms with E-state index < -0.39 is 0 Å². The number of hydrogen-bond acceptors (Lipinski definition) is 2. The van der Waals surface area contributed by atoms with Crippen molar-refractivity contribution in [3.8, 4) is 11.5 Å². The van der Waals surface area contributed by atoms with Gasteiger partial charge in [-0.2, -0.15) is 0 Å². The van der Waals surface area contributed by atoms with E-state index in [0.717, 1.165) is 50.4 Å².